The summed E-state index contributed by atoms with van der Waals surface area (Å²) in [5, 5.41) is 4.35. The summed E-state index contributed by atoms with van der Waals surface area (Å²) in [6.45, 7) is 0. The van der Waals surface area contributed by atoms with E-state index in [0.717, 1.165) is 11.3 Å². The summed E-state index contributed by atoms with van der Waals surface area (Å²) in [5.41, 5.74) is 2.62. The smallest absolute Gasteiger partial charge is 0.341 e. The van der Waals surface area contributed by atoms with Crippen molar-refractivity contribution >= 4 is 23.2 Å². The van der Waals surface area contributed by atoms with Crippen LogP contribution in [-0.2, 0) is 10.6 Å². The van der Waals surface area contributed by atoms with Crippen molar-refractivity contribution in [3.05, 3.63) is 53.9 Å². The number of benzene rings is 1. The van der Waals surface area contributed by atoms with Gasteiger partial charge in [-0.05, 0) is 12.1 Å². The lowest BCUT2D eigenvalue weighted by atomic mass is 10.1. The first-order chi connectivity index (χ1) is 10.2. The van der Waals surface area contributed by atoms with Gasteiger partial charge in [-0.1, -0.05) is 30.3 Å². The van der Waals surface area contributed by atoms with Crippen molar-refractivity contribution in [1.82, 2.24) is 14.6 Å². The molecule has 21 heavy (non-hydrogen) atoms. The van der Waals surface area contributed by atoms with Crippen LogP contribution in [-0.4, -0.2) is 27.7 Å². The van der Waals surface area contributed by atoms with Gasteiger partial charge >= 0.3 is 5.97 Å². The number of carbonyl (C=O) groups excluding carboxylic acids is 1. The summed E-state index contributed by atoms with van der Waals surface area (Å²) >= 11 is 5.81. The van der Waals surface area contributed by atoms with E-state index in [2.05, 4.69) is 10.1 Å². The minimum atomic E-state index is -0.451. The number of esters is 1. The Bertz CT molecular complexity index is 799. The van der Waals surface area contributed by atoms with Crippen LogP contribution in [0.2, 0.25) is 0 Å². The molecule has 2 heterocycles. The van der Waals surface area contributed by atoms with E-state index in [1.165, 1.54) is 7.11 Å². The van der Waals surface area contributed by atoms with Crippen molar-refractivity contribution in [2.45, 2.75) is 5.88 Å². The molecule has 2 aromatic heterocycles. The quantitative estimate of drug-likeness (QED) is 0.551. The monoisotopic (exact) mass is 301 g/mol. The van der Waals surface area contributed by atoms with Gasteiger partial charge in [-0.25, -0.2) is 14.3 Å². The number of ether oxygens (including phenoxy) is 1. The van der Waals surface area contributed by atoms with E-state index < -0.39 is 5.97 Å². The zero-order valence-electron chi connectivity index (χ0n) is 11.3. The first-order valence-electron chi connectivity index (χ1n) is 6.33. The highest BCUT2D eigenvalue weighted by atomic mass is 35.5. The lowest BCUT2D eigenvalue weighted by Gasteiger charge is -2.07. The Kier molecular flexibility index (Phi) is 3.58. The van der Waals surface area contributed by atoms with Crippen molar-refractivity contribution in [1.29, 1.82) is 0 Å². The van der Waals surface area contributed by atoms with E-state index in [4.69, 9.17) is 16.3 Å². The summed E-state index contributed by atoms with van der Waals surface area (Å²) in [6.07, 6.45) is 0. The molecule has 0 unspecified atom stereocenters. The van der Waals surface area contributed by atoms with Gasteiger partial charge in [0.15, 0.2) is 11.5 Å². The molecule has 0 aliphatic rings. The van der Waals surface area contributed by atoms with Crippen LogP contribution < -0.4 is 0 Å². The number of carbonyl (C=O) groups is 1. The molecule has 0 bridgehead atoms. The lowest BCUT2D eigenvalue weighted by molar-refractivity contribution is 0.0602. The fourth-order valence-corrected chi connectivity index (χ4v) is 2.27. The van der Waals surface area contributed by atoms with Crippen molar-refractivity contribution < 1.29 is 9.53 Å². The molecule has 0 radical (unpaired) electrons. The van der Waals surface area contributed by atoms with Crippen molar-refractivity contribution in [3.63, 3.8) is 0 Å². The second-order valence-electron chi connectivity index (χ2n) is 4.39. The maximum Gasteiger partial charge on any atom is 0.341 e. The van der Waals surface area contributed by atoms with Gasteiger partial charge < -0.3 is 4.74 Å². The van der Waals surface area contributed by atoms with Gasteiger partial charge in [-0.3, -0.25) is 0 Å². The Morgan fingerprint density at radius 1 is 1.24 bits per heavy atom. The molecule has 3 aromatic rings. The number of fused-ring (bicyclic) bond motifs is 1. The zero-order valence-corrected chi connectivity index (χ0v) is 12.0. The van der Waals surface area contributed by atoms with Gasteiger partial charge in [0.25, 0.3) is 0 Å². The van der Waals surface area contributed by atoms with Crippen molar-refractivity contribution in [2.75, 3.05) is 7.11 Å². The molecule has 0 aliphatic heterocycles. The topological polar surface area (TPSA) is 56.5 Å². The van der Waals surface area contributed by atoms with Crippen LogP contribution in [0.4, 0.5) is 0 Å². The summed E-state index contributed by atoms with van der Waals surface area (Å²) in [4.78, 5) is 16.1. The van der Waals surface area contributed by atoms with Gasteiger partial charge in [0, 0.05) is 5.56 Å². The highest BCUT2D eigenvalue weighted by Crippen LogP contribution is 2.22. The number of pyridine rings is 1. The Morgan fingerprint density at radius 3 is 2.67 bits per heavy atom. The molecule has 1 aromatic carbocycles. The molecule has 5 nitrogen and oxygen atoms in total. The number of rotatable bonds is 3. The SMILES string of the molecule is COC(=O)c1ccc(-c2ccccc2)n2nc(CCl)nc12. The number of alkyl halides is 1. The molecular weight excluding hydrogens is 290 g/mol. The van der Waals surface area contributed by atoms with Crippen LogP contribution in [0.15, 0.2) is 42.5 Å². The number of nitrogens with zero attached hydrogens (tertiary/aromatic N) is 3. The molecule has 0 spiro atoms. The molecule has 0 N–H and O–H groups in total. The number of halogens is 1. The van der Waals surface area contributed by atoms with E-state index in [0.29, 0.717) is 17.0 Å². The average Bonchev–Trinajstić information content (AvgIpc) is 2.98. The first-order valence-corrected chi connectivity index (χ1v) is 6.86. The van der Waals surface area contributed by atoms with Crippen LogP contribution >= 0.6 is 11.6 Å². The molecule has 0 amide bonds. The second-order valence-corrected chi connectivity index (χ2v) is 4.65. The van der Waals surface area contributed by atoms with Gasteiger partial charge in [-0.15, -0.1) is 16.7 Å². The van der Waals surface area contributed by atoms with E-state index >= 15 is 0 Å². The highest BCUT2D eigenvalue weighted by molar-refractivity contribution is 6.16. The second kappa shape index (κ2) is 5.54. The largest absolute Gasteiger partial charge is 0.465 e. The lowest BCUT2D eigenvalue weighted by Crippen LogP contribution is -2.06. The maximum absolute atomic E-state index is 11.8. The Hall–Kier alpha value is -2.40. The minimum absolute atomic E-state index is 0.177. The number of hydrogen-bond donors (Lipinski definition) is 0. The molecule has 3 rings (SSSR count). The zero-order chi connectivity index (χ0) is 14.8. The Morgan fingerprint density at radius 2 is 2.00 bits per heavy atom. The Balaban J connectivity index is 2.29. The van der Waals surface area contributed by atoms with Crippen LogP contribution in [0.25, 0.3) is 16.9 Å². The summed E-state index contributed by atoms with van der Waals surface area (Å²) in [7, 11) is 1.34. The number of hydrogen-bond acceptors (Lipinski definition) is 4. The molecule has 0 fully saturated rings. The molecule has 0 aliphatic carbocycles. The third-order valence-electron chi connectivity index (χ3n) is 3.12. The molecule has 0 atom stereocenters. The summed E-state index contributed by atoms with van der Waals surface area (Å²) < 4.78 is 6.40. The van der Waals surface area contributed by atoms with E-state index in [1.807, 2.05) is 36.4 Å². The van der Waals surface area contributed by atoms with Gasteiger partial charge in [0.1, 0.15) is 5.56 Å². The van der Waals surface area contributed by atoms with Crippen LogP contribution in [0, 0.1) is 0 Å². The van der Waals surface area contributed by atoms with Crippen molar-refractivity contribution in [3.8, 4) is 11.3 Å². The maximum atomic E-state index is 11.8. The van der Waals surface area contributed by atoms with Crippen LogP contribution in [0.5, 0.6) is 0 Å². The average molecular weight is 302 g/mol. The van der Waals surface area contributed by atoms with Gasteiger partial charge in [0.05, 0.1) is 18.7 Å². The first kappa shape index (κ1) is 13.6. The molecule has 106 valence electrons. The van der Waals surface area contributed by atoms with Crippen LogP contribution in [0.1, 0.15) is 16.2 Å². The fraction of sp³-hybridized carbons (Fsp3) is 0.133. The van der Waals surface area contributed by atoms with E-state index in [-0.39, 0.29) is 5.88 Å². The number of aromatic nitrogens is 3. The van der Waals surface area contributed by atoms with Crippen LogP contribution in [0.3, 0.4) is 0 Å². The fourth-order valence-electron chi connectivity index (χ4n) is 2.16. The highest BCUT2D eigenvalue weighted by Gasteiger charge is 2.17. The molecule has 0 saturated heterocycles. The number of methoxy groups -OCH3 is 1. The minimum Gasteiger partial charge on any atom is -0.465 e. The summed E-state index contributed by atoms with van der Waals surface area (Å²) in [6, 6.07) is 13.3. The third kappa shape index (κ3) is 2.36. The van der Waals surface area contributed by atoms with E-state index in [9.17, 15) is 4.79 Å². The molecule has 0 saturated carbocycles. The predicted molar refractivity (Wildman–Crippen MR) is 79.3 cm³/mol. The summed E-state index contributed by atoms with van der Waals surface area (Å²) in [5.74, 6) is 0.189. The molecule has 6 heteroatoms. The van der Waals surface area contributed by atoms with Gasteiger partial charge in [0.2, 0.25) is 0 Å². The van der Waals surface area contributed by atoms with Gasteiger partial charge in [-0.2, -0.15) is 0 Å². The molecular formula is C15H12ClN3O2. The third-order valence-corrected chi connectivity index (χ3v) is 3.36. The Labute approximate surface area is 126 Å². The van der Waals surface area contributed by atoms with E-state index in [1.54, 1.807) is 10.6 Å². The standard InChI is InChI=1S/C15H12ClN3O2/c1-21-15(20)11-7-8-12(10-5-3-2-4-6-10)19-14(11)17-13(9-16)18-19/h2-8H,9H2,1H3. The normalized spacial score (nSPS) is 10.8. The van der Waals surface area contributed by atoms with Crippen molar-refractivity contribution in [2.24, 2.45) is 0 Å². The predicted octanol–water partition coefficient (Wildman–Crippen LogP) is 2.92.